The molecule has 3 aromatic rings. The summed E-state index contributed by atoms with van der Waals surface area (Å²) < 4.78 is 15.5. The van der Waals surface area contributed by atoms with Gasteiger partial charge in [0.15, 0.2) is 0 Å². The number of amides is 2. The molecule has 0 unspecified atom stereocenters. The van der Waals surface area contributed by atoms with Gasteiger partial charge in [0, 0.05) is 35.9 Å². The number of alkyl halides is 1. The molecule has 0 spiro atoms. The summed E-state index contributed by atoms with van der Waals surface area (Å²) in [6, 6.07) is 1.59. The number of aromatic nitrogens is 4. The van der Waals surface area contributed by atoms with Gasteiger partial charge in [0.2, 0.25) is 0 Å². The van der Waals surface area contributed by atoms with E-state index in [2.05, 4.69) is 30.8 Å². The summed E-state index contributed by atoms with van der Waals surface area (Å²) in [5.74, 6) is -0.423. The van der Waals surface area contributed by atoms with Crippen LogP contribution < -0.4 is 10.8 Å². The minimum atomic E-state index is -0.719. The summed E-state index contributed by atoms with van der Waals surface area (Å²) >= 11 is 0. The van der Waals surface area contributed by atoms with E-state index >= 15 is 0 Å². The standard InChI is InChI=1S/C22H27FN6O3/c1-13-15(9-26-27-13)8-25-21(30)18-12-29(11-14-3-5-16(23)6-4-14)20-10-24-19(7-17(18)20)22(31)28-32-2/h7,9-10,12,14,16H,3-6,8,11H2,1-2H3,(H,25,30)(H,26,27)(H,28,31). The van der Waals surface area contributed by atoms with Crippen LogP contribution in [0.2, 0.25) is 0 Å². The zero-order chi connectivity index (χ0) is 22.7. The first kappa shape index (κ1) is 21.9. The number of nitrogens with zero attached hydrogens (tertiary/aromatic N) is 3. The van der Waals surface area contributed by atoms with Crippen LogP contribution in [0.25, 0.3) is 10.9 Å². The number of pyridine rings is 1. The van der Waals surface area contributed by atoms with Gasteiger partial charge < -0.3 is 9.88 Å². The van der Waals surface area contributed by atoms with Gasteiger partial charge in [0.25, 0.3) is 11.8 Å². The molecule has 1 saturated carbocycles. The van der Waals surface area contributed by atoms with Crippen LogP contribution in [-0.2, 0) is 17.9 Å². The van der Waals surface area contributed by atoms with E-state index < -0.39 is 12.1 Å². The van der Waals surface area contributed by atoms with Gasteiger partial charge in [-0.25, -0.2) is 14.9 Å². The molecule has 1 aliphatic carbocycles. The van der Waals surface area contributed by atoms with Gasteiger partial charge in [-0.15, -0.1) is 0 Å². The highest BCUT2D eigenvalue weighted by Crippen LogP contribution is 2.30. The quantitative estimate of drug-likeness (QED) is 0.487. The van der Waals surface area contributed by atoms with Crippen molar-refractivity contribution in [2.24, 2.45) is 5.92 Å². The van der Waals surface area contributed by atoms with E-state index in [0.29, 0.717) is 42.8 Å². The Labute approximate surface area is 184 Å². The fraction of sp³-hybridized carbons (Fsp3) is 0.455. The third-order valence-corrected chi connectivity index (χ3v) is 6.04. The molecule has 0 aliphatic heterocycles. The second-order valence-electron chi connectivity index (χ2n) is 8.24. The maximum atomic E-state index is 13.5. The molecule has 4 rings (SSSR count). The molecular weight excluding hydrogens is 415 g/mol. The van der Waals surface area contributed by atoms with Crippen molar-refractivity contribution in [1.82, 2.24) is 30.5 Å². The predicted octanol–water partition coefficient (Wildman–Crippen LogP) is 2.82. The molecule has 1 fully saturated rings. The zero-order valence-electron chi connectivity index (χ0n) is 18.2. The van der Waals surface area contributed by atoms with Gasteiger partial charge in [0.1, 0.15) is 11.9 Å². The number of aryl methyl sites for hydroxylation is 1. The number of rotatable bonds is 7. The van der Waals surface area contributed by atoms with Crippen LogP contribution >= 0.6 is 0 Å². The smallest absolute Gasteiger partial charge is 0.293 e. The highest BCUT2D eigenvalue weighted by molar-refractivity contribution is 6.08. The van der Waals surface area contributed by atoms with Gasteiger partial charge in [0.05, 0.1) is 30.6 Å². The molecule has 3 aromatic heterocycles. The van der Waals surface area contributed by atoms with Crippen LogP contribution in [-0.4, -0.2) is 44.8 Å². The highest BCUT2D eigenvalue weighted by Gasteiger charge is 2.24. The molecule has 0 aromatic carbocycles. The van der Waals surface area contributed by atoms with Crippen molar-refractivity contribution in [3.05, 3.63) is 47.2 Å². The van der Waals surface area contributed by atoms with Crippen molar-refractivity contribution >= 4 is 22.7 Å². The average molecular weight is 442 g/mol. The lowest BCUT2D eigenvalue weighted by Crippen LogP contribution is -2.23. The third kappa shape index (κ3) is 4.64. The largest absolute Gasteiger partial charge is 0.348 e. The fourth-order valence-electron chi connectivity index (χ4n) is 4.20. The second-order valence-corrected chi connectivity index (χ2v) is 8.24. The Balaban J connectivity index is 1.63. The molecule has 3 heterocycles. The Morgan fingerprint density at radius 1 is 1.25 bits per heavy atom. The first-order chi connectivity index (χ1) is 15.5. The van der Waals surface area contributed by atoms with Crippen molar-refractivity contribution in [3.8, 4) is 0 Å². The number of H-pyrrole nitrogens is 1. The number of halogens is 1. The van der Waals surface area contributed by atoms with E-state index in [1.54, 1.807) is 24.7 Å². The molecule has 32 heavy (non-hydrogen) atoms. The number of hydrogen-bond acceptors (Lipinski definition) is 5. The predicted molar refractivity (Wildman–Crippen MR) is 116 cm³/mol. The van der Waals surface area contributed by atoms with Gasteiger partial charge >= 0.3 is 0 Å². The number of nitrogens with one attached hydrogen (secondary N) is 3. The Kier molecular flexibility index (Phi) is 6.50. The van der Waals surface area contributed by atoms with Crippen LogP contribution in [0.4, 0.5) is 4.39 Å². The van der Waals surface area contributed by atoms with Crippen LogP contribution in [0.15, 0.2) is 24.7 Å². The van der Waals surface area contributed by atoms with E-state index in [0.717, 1.165) is 29.6 Å². The Morgan fingerprint density at radius 2 is 2.03 bits per heavy atom. The number of hydrogen-bond donors (Lipinski definition) is 3. The van der Waals surface area contributed by atoms with Crippen molar-refractivity contribution in [2.45, 2.75) is 51.9 Å². The molecule has 10 heteroatoms. The Hall–Kier alpha value is -3.27. The SMILES string of the molecule is CONC(=O)c1cc2c(C(=O)NCc3cn[nH]c3C)cn(CC3CCC(F)CC3)c2cn1. The van der Waals surface area contributed by atoms with Gasteiger partial charge in [-0.3, -0.25) is 19.5 Å². The number of fused-ring (bicyclic) bond motifs is 1. The molecule has 9 nitrogen and oxygen atoms in total. The minimum absolute atomic E-state index is 0.148. The lowest BCUT2D eigenvalue weighted by molar-refractivity contribution is 0.0532. The Bertz CT molecular complexity index is 1120. The molecule has 0 saturated heterocycles. The van der Waals surface area contributed by atoms with Crippen LogP contribution in [0.5, 0.6) is 0 Å². The highest BCUT2D eigenvalue weighted by atomic mass is 19.1. The van der Waals surface area contributed by atoms with E-state index in [9.17, 15) is 14.0 Å². The lowest BCUT2D eigenvalue weighted by atomic mass is 9.88. The summed E-state index contributed by atoms with van der Waals surface area (Å²) in [5, 5.41) is 10.4. The van der Waals surface area contributed by atoms with Gasteiger partial charge in [-0.05, 0) is 44.6 Å². The monoisotopic (exact) mass is 442 g/mol. The first-order valence-electron chi connectivity index (χ1n) is 10.7. The lowest BCUT2D eigenvalue weighted by Gasteiger charge is -2.24. The van der Waals surface area contributed by atoms with Gasteiger partial charge in [-0.2, -0.15) is 5.10 Å². The van der Waals surface area contributed by atoms with Crippen LogP contribution in [0.1, 0.15) is 57.8 Å². The van der Waals surface area contributed by atoms with Gasteiger partial charge in [-0.1, -0.05) is 0 Å². The molecule has 3 N–H and O–H groups in total. The summed E-state index contributed by atoms with van der Waals surface area (Å²) in [5.41, 5.74) is 5.39. The Morgan fingerprint density at radius 3 is 2.72 bits per heavy atom. The molecule has 0 bridgehead atoms. The van der Waals surface area contributed by atoms with E-state index in [1.165, 1.54) is 7.11 Å². The molecule has 2 amide bonds. The van der Waals surface area contributed by atoms with Crippen molar-refractivity contribution < 1.29 is 18.8 Å². The minimum Gasteiger partial charge on any atom is -0.348 e. The first-order valence-corrected chi connectivity index (χ1v) is 10.7. The number of aromatic amines is 1. The topological polar surface area (TPSA) is 114 Å². The summed E-state index contributed by atoms with van der Waals surface area (Å²) in [6.45, 7) is 2.89. The molecule has 170 valence electrons. The summed E-state index contributed by atoms with van der Waals surface area (Å²) in [7, 11) is 1.34. The maximum Gasteiger partial charge on any atom is 0.293 e. The van der Waals surface area contributed by atoms with Crippen LogP contribution in [0.3, 0.4) is 0 Å². The number of carbonyl (C=O) groups is 2. The second kappa shape index (κ2) is 9.47. The number of carbonyl (C=O) groups excluding carboxylic acids is 2. The number of hydroxylamine groups is 1. The average Bonchev–Trinajstić information content (AvgIpc) is 3.36. The summed E-state index contributed by atoms with van der Waals surface area (Å²) in [4.78, 5) is 34.2. The summed E-state index contributed by atoms with van der Waals surface area (Å²) in [6.07, 6.45) is 7.11. The molecular formula is C22H27FN6O3. The van der Waals surface area contributed by atoms with Crippen LogP contribution in [0, 0.1) is 12.8 Å². The normalized spacial score (nSPS) is 18.6. The van der Waals surface area contributed by atoms with Crippen molar-refractivity contribution in [1.29, 1.82) is 0 Å². The third-order valence-electron chi connectivity index (χ3n) is 6.04. The molecule has 1 aliphatic rings. The fourth-order valence-corrected chi connectivity index (χ4v) is 4.20. The molecule has 0 atom stereocenters. The van der Waals surface area contributed by atoms with Crippen molar-refractivity contribution in [2.75, 3.05) is 7.11 Å². The van der Waals surface area contributed by atoms with E-state index in [-0.39, 0.29) is 11.6 Å². The zero-order valence-corrected chi connectivity index (χ0v) is 18.2. The molecule has 0 radical (unpaired) electrons. The van der Waals surface area contributed by atoms with Crippen molar-refractivity contribution in [3.63, 3.8) is 0 Å². The maximum absolute atomic E-state index is 13.5. The van der Waals surface area contributed by atoms with E-state index in [4.69, 9.17) is 0 Å². The van der Waals surface area contributed by atoms with E-state index in [1.807, 2.05) is 11.5 Å².